The molecule has 35 heavy (non-hydrogen) atoms. The number of carbonyl (C=O) groups is 1. The molecule has 0 spiro atoms. The largest absolute Gasteiger partial charge is 0.494 e. The van der Waals surface area contributed by atoms with E-state index < -0.39 is 21.7 Å². The Hall–Kier alpha value is -3.37. The number of nitrogens with zero attached hydrogens (tertiary/aromatic N) is 2. The van der Waals surface area contributed by atoms with Gasteiger partial charge >= 0.3 is 6.09 Å². The standard InChI is InChI=1S/C25H31N3O6S/c1-5-6-15-34-20-11-12-22(35(31,32)27-24(29)33-4)21(16-20)19-9-7-18(8-10-19)17-28-14-13-26-23(28)25(2,3)30/h7-14,16,30H,5-6,15,17H2,1-4H3,(H,27,29). The number of amides is 1. The lowest BCUT2D eigenvalue weighted by Gasteiger charge is -2.19. The van der Waals surface area contributed by atoms with Crippen molar-refractivity contribution in [3.05, 3.63) is 66.2 Å². The quantitative estimate of drug-likeness (QED) is 0.402. The molecular formula is C25H31N3O6S. The Morgan fingerprint density at radius 1 is 1.17 bits per heavy atom. The van der Waals surface area contributed by atoms with E-state index >= 15 is 0 Å². The second kappa shape index (κ2) is 10.9. The van der Waals surface area contributed by atoms with Gasteiger partial charge in [0.1, 0.15) is 17.2 Å². The SMILES string of the molecule is CCCCOc1ccc(S(=O)(=O)NC(=O)OC)c(-c2ccc(Cn3ccnc3C(C)(C)O)cc2)c1. The first-order valence-electron chi connectivity index (χ1n) is 11.3. The molecule has 1 heterocycles. The fourth-order valence-electron chi connectivity index (χ4n) is 3.55. The van der Waals surface area contributed by atoms with Gasteiger partial charge in [0.2, 0.25) is 0 Å². The Labute approximate surface area is 205 Å². The number of ether oxygens (including phenoxy) is 2. The number of benzene rings is 2. The number of rotatable bonds is 10. The molecule has 188 valence electrons. The smallest absolute Gasteiger partial charge is 0.420 e. The average Bonchev–Trinajstić information content (AvgIpc) is 3.28. The minimum absolute atomic E-state index is 0.0718. The third-order valence-corrected chi connectivity index (χ3v) is 6.66. The van der Waals surface area contributed by atoms with Crippen molar-refractivity contribution in [1.29, 1.82) is 0 Å². The molecular weight excluding hydrogens is 470 g/mol. The average molecular weight is 502 g/mol. The van der Waals surface area contributed by atoms with Crippen LogP contribution in [0, 0.1) is 0 Å². The summed E-state index contributed by atoms with van der Waals surface area (Å²) in [4.78, 5) is 15.8. The second-order valence-corrected chi connectivity index (χ2v) is 10.2. The molecule has 10 heteroatoms. The summed E-state index contributed by atoms with van der Waals surface area (Å²) in [5, 5.41) is 10.3. The van der Waals surface area contributed by atoms with E-state index in [1.807, 2.05) is 21.4 Å². The van der Waals surface area contributed by atoms with Crippen molar-refractivity contribution in [1.82, 2.24) is 14.3 Å². The maximum Gasteiger partial charge on any atom is 0.420 e. The van der Waals surface area contributed by atoms with Crippen LogP contribution in [0.3, 0.4) is 0 Å². The molecule has 9 nitrogen and oxygen atoms in total. The van der Waals surface area contributed by atoms with Crippen LogP contribution in [-0.2, 0) is 26.9 Å². The molecule has 0 radical (unpaired) electrons. The van der Waals surface area contributed by atoms with Crippen LogP contribution < -0.4 is 9.46 Å². The van der Waals surface area contributed by atoms with E-state index in [1.54, 1.807) is 50.5 Å². The van der Waals surface area contributed by atoms with Gasteiger partial charge in [-0.2, -0.15) is 0 Å². The van der Waals surface area contributed by atoms with Gasteiger partial charge in [0, 0.05) is 24.5 Å². The molecule has 2 N–H and O–H groups in total. The van der Waals surface area contributed by atoms with Crippen LogP contribution in [-0.4, -0.2) is 42.9 Å². The van der Waals surface area contributed by atoms with Gasteiger partial charge in [-0.25, -0.2) is 22.9 Å². The lowest BCUT2D eigenvalue weighted by Crippen LogP contribution is -2.30. The molecule has 3 rings (SSSR count). The van der Waals surface area contributed by atoms with Crippen molar-refractivity contribution in [2.45, 2.75) is 50.7 Å². The third kappa shape index (κ3) is 6.61. The molecule has 1 amide bonds. The number of nitrogens with one attached hydrogen (secondary N) is 1. The van der Waals surface area contributed by atoms with Crippen LogP contribution in [0.15, 0.2) is 59.8 Å². The van der Waals surface area contributed by atoms with Gasteiger partial charge in [-0.15, -0.1) is 0 Å². The first-order valence-corrected chi connectivity index (χ1v) is 12.7. The van der Waals surface area contributed by atoms with Crippen molar-refractivity contribution in [3.63, 3.8) is 0 Å². The fraction of sp³-hybridized carbons (Fsp3) is 0.360. The first-order chi connectivity index (χ1) is 16.5. The highest BCUT2D eigenvalue weighted by atomic mass is 32.2. The zero-order chi connectivity index (χ0) is 25.6. The van der Waals surface area contributed by atoms with Crippen molar-refractivity contribution in [3.8, 4) is 16.9 Å². The monoisotopic (exact) mass is 501 g/mol. The summed E-state index contributed by atoms with van der Waals surface area (Å²) in [7, 11) is -3.09. The molecule has 1 aromatic heterocycles. The molecule has 0 aliphatic rings. The lowest BCUT2D eigenvalue weighted by molar-refractivity contribution is 0.0652. The molecule has 0 unspecified atom stereocenters. The van der Waals surface area contributed by atoms with E-state index in [9.17, 15) is 18.3 Å². The predicted molar refractivity (Wildman–Crippen MR) is 132 cm³/mol. The van der Waals surface area contributed by atoms with Gasteiger partial charge in [-0.1, -0.05) is 37.6 Å². The zero-order valence-corrected chi connectivity index (χ0v) is 21.1. The summed E-state index contributed by atoms with van der Waals surface area (Å²) >= 11 is 0. The number of sulfonamides is 1. The highest BCUT2D eigenvalue weighted by Gasteiger charge is 2.24. The van der Waals surface area contributed by atoms with E-state index in [0.29, 0.717) is 35.9 Å². The number of carbonyl (C=O) groups excluding carboxylic acids is 1. The molecule has 0 saturated heterocycles. The predicted octanol–water partition coefficient (Wildman–Crippen LogP) is 4.05. The van der Waals surface area contributed by atoms with E-state index in [-0.39, 0.29) is 4.90 Å². The summed E-state index contributed by atoms with van der Waals surface area (Å²) in [5.74, 6) is 1.07. The number of methoxy groups -OCH3 is 1. The molecule has 0 fully saturated rings. The van der Waals surface area contributed by atoms with E-state index in [2.05, 4.69) is 16.6 Å². The Morgan fingerprint density at radius 2 is 1.89 bits per heavy atom. The van der Waals surface area contributed by atoms with Crippen LogP contribution in [0.1, 0.15) is 45.0 Å². The highest BCUT2D eigenvalue weighted by molar-refractivity contribution is 7.90. The van der Waals surface area contributed by atoms with Crippen LogP contribution in [0.2, 0.25) is 0 Å². The topological polar surface area (TPSA) is 120 Å². The maximum atomic E-state index is 12.9. The highest BCUT2D eigenvalue weighted by Crippen LogP contribution is 2.32. The summed E-state index contributed by atoms with van der Waals surface area (Å²) in [6.07, 6.45) is 4.20. The minimum Gasteiger partial charge on any atom is -0.494 e. The third-order valence-electron chi connectivity index (χ3n) is 5.29. The molecule has 0 saturated carbocycles. The van der Waals surface area contributed by atoms with Crippen LogP contribution in [0.4, 0.5) is 4.79 Å². The molecule has 0 aliphatic heterocycles. The number of hydrogen-bond acceptors (Lipinski definition) is 7. The number of aromatic nitrogens is 2. The summed E-state index contributed by atoms with van der Waals surface area (Å²) in [6.45, 7) is 6.40. The minimum atomic E-state index is -4.19. The van der Waals surface area contributed by atoms with Gasteiger partial charge in [0.15, 0.2) is 0 Å². The van der Waals surface area contributed by atoms with Gasteiger partial charge in [0.25, 0.3) is 10.0 Å². The van der Waals surface area contributed by atoms with Gasteiger partial charge in [0.05, 0.1) is 18.6 Å². The number of unbranched alkanes of at least 4 members (excludes halogenated alkanes) is 1. The molecule has 0 bridgehead atoms. The zero-order valence-electron chi connectivity index (χ0n) is 20.3. The van der Waals surface area contributed by atoms with Crippen molar-refractivity contribution in [2.24, 2.45) is 0 Å². The van der Waals surface area contributed by atoms with E-state index in [0.717, 1.165) is 25.5 Å². The van der Waals surface area contributed by atoms with Crippen molar-refractivity contribution in [2.75, 3.05) is 13.7 Å². The molecule has 3 aromatic rings. The molecule has 2 aromatic carbocycles. The van der Waals surface area contributed by atoms with Gasteiger partial charge < -0.3 is 19.1 Å². The Balaban J connectivity index is 1.96. The Morgan fingerprint density at radius 3 is 2.51 bits per heavy atom. The second-order valence-electron chi connectivity index (χ2n) is 8.59. The van der Waals surface area contributed by atoms with Gasteiger partial charge in [-0.3, -0.25) is 0 Å². The first kappa shape index (κ1) is 26.2. The summed E-state index contributed by atoms with van der Waals surface area (Å²) in [6, 6.07) is 12.0. The van der Waals surface area contributed by atoms with E-state index in [1.165, 1.54) is 6.07 Å². The maximum absolute atomic E-state index is 12.9. The summed E-state index contributed by atoms with van der Waals surface area (Å²) in [5.41, 5.74) is 0.872. The normalized spacial score (nSPS) is 11.8. The lowest BCUT2D eigenvalue weighted by atomic mass is 10.0. The van der Waals surface area contributed by atoms with Crippen molar-refractivity contribution >= 4 is 16.1 Å². The van der Waals surface area contributed by atoms with Crippen LogP contribution in [0.25, 0.3) is 11.1 Å². The summed E-state index contributed by atoms with van der Waals surface area (Å²) < 4.78 is 39.8. The molecule has 0 aliphatic carbocycles. The number of aliphatic hydroxyl groups is 1. The Bertz CT molecular complexity index is 1260. The molecule has 0 atom stereocenters. The van der Waals surface area contributed by atoms with Crippen LogP contribution in [0.5, 0.6) is 5.75 Å². The van der Waals surface area contributed by atoms with Crippen molar-refractivity contribution < 1.29 is 27.8 Å². The van der Waals surface area contributed by atoms with Gasteiger partial charge in [-0.05, 0) is 49.6 Å². The van der Waals surface area contributed by atoms with Crippen LogP contribution >= 0.6 is 0 Å². The number of hydrogen-bond donors (Lipinski definition) is 2. The number of imidazole rings is 1. The fourth-order valence-corrected chi connectivity index (χ4v) is 4.68. The van der Waals surface area contributed by atoms with E-state index in [4.69, 9.17) is 4.74 Å². The Kier molecular flexibility index (Phi) is 8.18.